The molecule has 3 aliphatic heterocycles. The smallest absolute Gasteiger partial charge is 0.352 e. The van der Waals surface area contributed by atoms with Gasteiger partial charge in [-0.3, -0.25) is 29.4 Å². The number of nitrogens with zero attached hydrogens (tertiary/aromatic N) is 1. The summed E-state index contributed by atoms with van der Waals surface area (Å²) in [4.78, 5) is 70.7. The predicted molar refractivity (Wildman–Crippen MR) is 91.4 cm³/mol. The van der Waals surface area contributed by atoms with Crippen LogP contribution in [0.3, 0.4) is 0 Å². The lowest BCUT2D eigenvalue weighted by atomic mass is 10.0. The van der Waals surface area contributed by atoms with E-state index < -0.39 is 53.1 Å². The minimum absolute atomic E-state index is 0.205. The van der Waals surface area contributed by atoms with E-state index in [0.717, 1.165) is 4.90 Å². The zero-order chi connectivity index (χ0) is 20.6. The van der Waals surface area contributed by atoms with Crippen LogP contribution in [-0.2, 0) is 28.7 Å². The molecule has 5 amide bonds. The summed E-state index contributed by atoms with van der Waals surface area (Å²) in [6, 6.07) is -2.68. The van der Waals surface area contributed by atoms with Gasteiger partial charge in [-0.25, -0.2) is 9.59 Å². The highest BCUT2D eigenvalue weighted by molar-refractivity contribution is 8.00. The SMILES string of the molecule is CC(=O)OCC1=C(C(=O)O)N2C(=O)[C@@H](NC(=O)CC3NC(=O)NC3=O)[C@H]2SC1. The number of β-lactam (4-membered cyclic amide) rings is 1. The summed E-state index contributed by atoms with van der Waals surface area (Å²) in [6.45, 7) is 0.946. The van der Waals surface area contributed by atoms with Crippen molar-refractivity contribution in [1.29, 1.82) is 0 Å². The van der Waals surface area contributed by atoms with Gasteiger partial charge >= 0.3 is 18.0 Å². The Morgan fingerprint density at radius 1 is 1.32 bits per heavy atom. The fourth-order valence-electron chi connectivity index (χ4n) is 3.00. The number of ether oxygens (including phenoxy) is 1. The lowest BCUT2D eigenvalue weighted by Crippen LogP contribution is -2.70. The van der Waals surface area contributed by atoms with E-state index in [2.05, 4.69) is 10.6 Å². The number of imide groups is 1. The van der Waals surface area contributed by atoms with Gasteiger partial charge < -0.3 is 20.5 Å². The van der Waals surface area contributed by atoms with Gasteiger partial charge in [-0.05, 0) is 0 Å². The highest BCUT2D eigenvalue weighted by Gasteiger charge is 2.54. The molecule has 3 rings (SSSR count). The number of esters is 1. The molecule has 1 unspecified atom stereocenters. The number of fused-ring (bicyclic) bond motifs is 1. The van der Waals surface area contributed by atoms with Gasteiger partial charge in [-0.15, -0.1) is 11.8 Å². The largest absolute Gasteiger partial charge is 0.477 e. The normalized spacial score (nSPS) is 26.1. The first-order valence-electron chi connectivity index (χ1n) is 8.13. The Morgan fingerprint density at radius 3 is 2.61 bits per heavy atom. The zero-order valence-corrected chi connectivity index (χ0v) is 15.3. The standard InChI is InChI=1S/C15H16N4O8S/c1-5(20)27-3-6-4-28-13-9(12(23)19(13)10(6)14(24)25)17-8(21)2-7-11(22)18-15(26)16-7/h7,9,13H,2-4H2,1H3,(H,17,21)(H,24,25)(H2,16,18,22,26)/t7?,9-,13-/m1/s1. The van der Waals surface area contributed by atoms with Crippen molar-refractivity contribution < 1.29 is 38.6 Å². The molecule has 0 radical (unpaired) electrons. The first-order chi connectivity index (χ1) is 13.2. The minimum atomic E-state index is -1.34. The molecule has 0 bridgehead atoms. The number of carbonyl (C=O) groups is 6. The third-order valence-corrected chi connectivity index (χ3v) is 5.60. The van der Waals surface area contributed by atoms with Crippen molar-refractivity contribution in [2.75, 3.05) is 12.4 Å². The van der Waals surface area contributed by atoms with Crippen LogP contribution in [0.5, 0.6) is 0 Å². The molecule has 0 spiro atoms. The third-order valence-electron chi connectivity index (χ3n) is 4.26. The van der Waals surface area contributed by atoms with Gasteiger partial charge in [0, 0.05) is 18.2 Å². The van der Waals surface area contributed by atoms with Crippen molar-refractivity contribution in [3.63, 3.8) is 0 Å². The van der Waals surface area contributed by atoms with E-state index >= 15 is 0 Å². The van der Waals surface area contributed by atoms with Crippen LogP contribution in [0.2, 0.25) is 0 Å². The maximum Gasteiger partial charge on any atom is 0.352 e. The second kappa shape index (κ2) is 7.50. The monoisotopic (exact) mass is 412 g/mol. The molecule has 2 fully saturated rings. The third kappa shape index (κ3) is 3.65. The lowest BCUT2D eigenvalue weighted by Gasteiger charge is -2.49. The van der Waals surface area contributed by atoms with Crippen LogP contribution < -0.4 is 16.0 Å². The van der Waals surface area contributed by atoms with E-state index in [9.17, 15) is 33.9 Å². The molecular weight excluding hydrogens is 396 g/mol. The molecule has 150 valence electrons. The fourth-order valence-corrected chi connectivity index (χ4v) is 4.33. The number of carboxylic acids is 1. The van der Waals surface area contributed by atoms with Crippen LogP contribution in [0.25, 0.3) is 0 Å². The maximum atomic E-state index is 12.4. The molecule has 4 N–H and O–H groups in total. The molecule has 0 saturated carbocycles. The first-order valence-corrected chi connectivity index (χ1v) is 9.18. The molecule has 0 aromatic carbocycles. The molecule has 3 aliphatic rings. The van der Waals surface area contributed by atoms with Crippen LogP contribution in [-0.4, -0.2) is 75.5 Å². The zero-order valence-electron chi connectivity index (χ0n) is 14.5. The molecule has 3 heterocycles. The summed E-state index contributed by atoms with van der Waals surface area (Å²) < 4.78 is 4.84. The number of nitrogens with one attached hydrogen (secondary N) is 3. The van der Waals surface area contributed by atoms with Crippen molar-refractivity contribution in [2.45, 2.75) is 30.8 Å². The van der Waals surface area contributed by atoms with E-state index in [4.69, 9.17) is 4.74 Å². The fraction of sp³-hybridized carbons (Fsp3) is 0.467. The van der Waals surface area contributed by atoms with Crippen LogP contribution >= 0.6 is 11.8 Å². The number of hydrogen-bond donors (Lipinski definition) is 4. The molecule has 3 atom stereocenters. The molecular formula is C15H16N4O8S. The molecule has 0 aliphatic carbocycles. The Kier molecular flexibility index (Phi) is 5.27. The predicted octanol–water partition coefficient (Wildman–Crippen LogP) is -2.11. The molecule has 2 saturated heterocycles. The van der Waals surface area contributed by atoms with E-state index in [0.29, 0.717) is 0 Å². The quantitative estimate of drug-likeness (QED) is 0.216. The van der Waals surface area contributed by atoms with Crippen molar-refractivity contribution in [2.24, 2.45) is 0 Å². The van der Waals surface area contributed by atoms with Crippen molar-refractivity contribution in [1.82, 2.24) is 20.9 Å². The summed E-state index contributed by atoms with van der Waals surface area (Å²) >= 11 is 1.22. The van der Waals surface area contributed by atoms with Crippen molar-refractivity contribution in [3.8, 4) is 0 Å². The highest BCUT2D eigenvalue weighted by Crippen LogP contribution is 2.40. The Hall–Kier alpha value is -3.09. The molecule has 0 aromatic rings. The first kappa shape index (κ1) is 19.7. The number of thioether (sulfide) groups is 1. The number of carboxylic acid groups (broad SMARTS) is 1. The summed E-state index contributed by atoms with van der Waals surface area (Å²) in [7, 11) is 0. The van der Waals surface area contributed by atoms with Gasteiger partial charge in [0.25, 0.3) is 11.8 Å². The average Bonchev–Trinajstić information content (AvgIpc) is 2.93. The lowest BCUT2D eigenvalue weighted by molar-refractivity contribution is -0.151. The molecule has 0 aromatic heterocycles. The van der Waals surface area contributed by atoms with Crippen LogP contribution in [0.15, 0.2) is 11.3 Å². The number of aliphatic carboxylic acids is 1. The van der Waals surface area contributed by atoms with Gasteiger partial charge in [0.2, 0.25) is 5.91 Å². The number of rotatable bonds is 6. The summed E-state index contributed by atoms with van der Waals surface area (Å²) in [6.07, 6.45) is -0.349. The van der Waals surface area contributed by atoms with Gasteiger partial charge in [0.15, 0.2) is 0 Å². The topological polar surface area (TPSA) is 171 Å². The van der Waals surface area contributed by atoms with E-state index in [1.807, 2.05) is 5.32 Å². The van der Waals surface area contributed by atoms with E-state index in [1.54, 1.807) is 0 Å². The second-order valence-corrected chi connectivity index (χ2v) is 7.32. The van der Waals surface area contributed by atoms with E-state index in [1.165, 1.54) is 18.7 Å². The van der Waals surface area contributed by atoms with E-state index in [-0.39, 0.29) is 30.1 Å². The maximum absolute atomic E-state index is 12.4. The van der Waals surface area contributed by atoms with Crippen molar-refractivity contribution in [3.05, 3.63) is 11.3 Å². The summed E-state index contributed by atoms with van der Waals surface area (Å²) in [5.41, 5.74) is 0.0235. The van der Waals surface area contributed by atoms with Gasteiger partial charge in [-0.1, -0.05) is 0 Å². The molecule has 13 heteroatoms. The number of urea groups is 1. The Bertz CT molecular complexity index is 825. The number of hydrogen-bond acceptors (Lipinski definition) is 8. The van der Waals surface area contributed by atoms with Gasteiger partial charge in [-0.2, -0.15) is 0 Å². The summed E-state index contributed by atoms with van der Waals surface area (Å²) in [5, 5.41) is 15.6. The van der Waals surface area contributed by atoms with Crippen LogP contribution in [0, 0.1) is 0 Å². The number of carbonyl (C=O) groups excluding carboxylic acids is 5. The second-order valence-electron chi connectivity index (χ2n) is 6.21. The number of amides is 5. The molecule has 28 heavy (non-hydrogen) atoms. The Balaban J connectivity index is 1.65. The van der Waals surface area contributed by atoms with Crippen LogP contribution in [0.4, 0.5) is 4.79 Å². The Labute approximate surface area is 162 Å². The highest BCUT2D eigenvalue weighted by atomic mass is 32.2. The molecule has 12 nitrogen and oxygen atoms in total. The average molecular weight is 412 g/mol. The minimum Gasteiger partial charge on any atom is -0.477 e. The Morgan fingerprint density at radius 2 is 2.04 bits per heavy atom. The van der Waals surface area contributed by atoms with Crippen molar-refractivity contribution >= 4 is 47.5 Å². The van der Waals surface area contributed by atoms with Crippen LogP contribution in [0.1, 0.15) is 13.3 Å². The summed E-state index contributed by atoms with van der Waals surface area (Å²) in [5.74, 6) is -3.60. The van der Waals surface area contributed by atoms with Gasteiger partial charge in [0.1, 0.15) is 29.8 Å². The van der Waals surface area contributed by atoms with Gasteiger partial charge in [0.05, 0.1) is 6.42 Å².